The van der Waals surface area contributed by atoms with Crippen molar-refractivity contribution in [3.8, 4) is 85.2 Å². The van der Waals surface area contributed by atoms with Gasteiger partial charge >= 0.3 is 0 Å². The molecule has 0 fully saturated rings. The van der Waals surface area contributed by atoms with Gasteiger partial charge in [-0.25, -0.2) is 0 Å². The Hall–Kier alpha value is -8.70. The fraction of sp³-hybridized carbons (Fsp3) is 0.390. The molecule has 0 bridgehead atoms. The Labute approximate surface area is 851 Å². The molecular weight excluding hydrogens is 2350 g/mol. The summed E-state index contributed by atoms with van der Waals surface area (Å²) in [5.74, 6) is 3.21. The smallest absolute Gasteiger partial charge is 0.0647 e. The van der Waals surface area contributed by atoms with E-state index in [-0.39, 0.29) is 118 Å². The first-order valence-electron chi connectivity index (χ1n) is 46.8. The number of benzene rings is 10. The molecule has 0 aliphatic heterocycles. The molecule has 0 amide bonds. The van der Waals surface area contributed by atoms with Crippen LogP contribution in [0.15, 0.2) is 207 Å². The molecule has 0 unspecified atom stereocenters. The third-order valence-electron chi connectivity index (χ3n) is 25.7. The van der Waals surface area contributed by atoms with Crippen LogP contribution in [0.3, 0.4) is 0 Å². The summed E-state index contributed by atoms with van der Waals surface area (Å²) in [7, 11) is 1.68. The number of unbranched alkanes of at least 4 members (excludes halogenated alkanes) is 3. The predicted molar refractivity (Wildman–Crippen MR) is 538 cm³/mol. The molecule has 0 spiro atoms. The summed E-state index contributed by atoms with van der Waals surface area (Å²) in [6.45, 7) is 62.2. The maximum atomic E-state index is 14.5. The van der Waals surface area contributed by atoms with Crippen molar-refractivity contribution in [3.05, 3.63) is 338 Å². The van der Waals surface area contributed by atoms with Gasteiger partial charge in [-0.3, -0.25) is 28.7 Å². The molecule has 0 saturated heterocycles. The summed E-state index contributed by atoms with van der Waals surface area (Å²) in [6, 6.07) is 75.5. The van der Waals surface area contributed by atoms with E-state index in [1.54, 1.807) is 7.11 Å². The second-order valence-electron chi connectivity index (χ2n) is 41.1. The van der Waals surface area contributed by atoms with Crippen LogP contribution in [0.5, 0.6) is 5.75 Å². The summed E-state index contributed by atoms with van der Waals surface area (Å²) in [5.41, 5.74) is 32.1. The van der Waals surface area contributed by atoms with Crippen LogP contribution in [0.2, 0.25) is 0 Å². The average molecular weight is 2500 g/mol. The number of aryl methyl sites for hydroxylation is 5. The zero-order chi connectivity index (χ0) is 94.0. The van der Waals surface area contributed by atoms with E-state index in [1.807, 2.05) is 59.6 Å². The molecule has 4 aromatic heterocycles. The van der Waals surface area contributed by atoms with Crippen molar-refractivity contribution in [1.29, 1.82) is 0 Å². The number of aromatic nitrogens is 8. The van der Waals surface area contributed by atoms with Gasteiger partial charge in [0.15, 0.2) is 0 Å². The van der Waals surface area contributed by atoms with Crippen molar-refractivity contribution >= 4 is 0 Å². The van der Waals surface area contributed by atoms with E-state index in [4.69, 9.17) is 24.7 Å². The van der Waals surface area contributed by atoms with Crippen molar-refractivity contribution in [2.24, 2.45) is 5.41 Å². The minimum Gasteiger partial charge on any atom is -0.540 e. The predicted octanol–water partition coefficient (Wildman–Crippen LogP) is 31.5. The van der Waals surface area contributed by atoms with Crippen molar-refractivity contribution in [2.75, 3.05) is 7.11 Å². The van der Waals surface area contributed by atoms with Gasteiger partial charge in [-0.2, -0.15) is 0 Å². The van der Waals surface area contributed by atoms with E-state index in [9.17, 15) is 8.78 Å². The van der Waals surface area contributed by atoms with Gasteiger partial charge in [0, 0.05) is 180 Å². The number of hydrogen-bond acceptors (Lipinski definition) is 5. The standard InChI is InChI=1S/C37H47N2.C32H37N2O.C26H33N2.C23H25F2N2.4Ir/c1-11-37(12-2,13-3)33-25-38-34(39(33)32-22-21-31(23-26(32)4)36(8,9)10)29-16-14-15-28(24-29)27-17-19-30(20-18-27)35(5,6)7;1-6-7-8-12-15-30-25(4)24(3)23(2)20-31(30)34-28(21-26-13-10-9-11-14-26)22-33-32(34)27-16-18-29(35-5)19-17-27;1-17(2)23-13-18(3)9-12-24(23)28-22(15-26(6,7)8)16-27-25(28)21-11-10-19(4)20(5)14-21;1-22(2,3)17-9-7-8-10-19(17)27-14-20(23(4,5)6)26-21(27)16-12-11-15(24)13-18(16)25;;;;/h14-15,17-25H,11-13H2,1-10H3;9-11,13-14,16,18-20,22H,6-8,12,15,21H2,1-5H3;9-10,12-14,16-17H,15H2,1-8H3;7-11,13-14H,1-6H3;;;;/q4*-1;;;;. The fourth-order valence-electron chi connectivity index (χ4n) is 17.3. The number of methoxy groups -OCH3 is 1. The summed E-state index contributed by atoms with van der Waals surface area (Å²) >= 11 is 0. The van der Waals surface area contributed by atoms with Gasteiger partial charge in [-0.15, -0.1) is 112 Å². The zero-order valence-electron chi connectivity index (χ0n) is 84.4. The number of rotatable bonds is 23. The largest absolute Gasteiger partial charge is 0.540 e. The van der Waals surface area contributed by atoms with Crippen molar-refractivity contribution in [2.45, 2.75) is 291 Å². The zero-order valence-corrected chi connectivity index (χ0v) is 93.9. The van der Waals surface area contributed by atoms with Gasteiger partial charge in [0.2, 0.25) is 0 Å². The quantitative estimate of drug-likeness (QED) is 0.0471. The molecule has 10 aromatic carbocycles. The molecular formula is C118H142F2Ir4N8O-4. The first kappa shape index (κ1) is 111. The average Bonchev–Trinajstić information content (AvgIpc) is 1.53. The van der Waals surface area contributed by atoms with Gasteiger partial charge in [-0.05, 0) is 186 Å². The summed E-state index contributed by atoms with van der Waals surface area (Å²) < 4.78 is 42.4. The van der Waals surface area contributed by atoms with Crippen molar-refractivity contribution in [1.82, 2.24) is 38.2 Å². The number of para-hydroxylation sites is 1. The van der Waals surface area contributed by atoms with Crippen LogP contribution < -0.4 is 4.74 Å². The summed E-state index contributed by atoms with van der Waals surface area (Å²) in [4.78, 5) is 19.6. The normalized spacial score (nSPS) is 11.7. The van der Waals surface area contributed by atoms with Crippen LogP contribution >= 0.6 is 0 Å². The Morgan fingerprint density at radius 2 is 1.05 bits per heavy atom. The Morgan fingerprint density at radius 1 is 0.451 bits per heavy atom. The van der Waals surface area contributed by atoms with Crippen LogP contribution in [0.4, 0.5) is 8.78 Å². The van der Waals surface area contributed by atoms with Crippen molar-refractivity contribution < 1.29 is 93.9 Å². The maximum Gasteiger partial charge on any atom is 0.0647 e. The minimum atomic E-state index is -0.671. The topological polar surface area (TPSA) is 80.5 Å². The number of hydrogen-bond donors (Lipinski definition) is 0. The second-order valence-corrected chi connectivity index (χ2v) is 41.1. The van der Waals surface area contributed by atoms with E-state index in [0.29, 0.717) is 11.7 Å². The number of ether oxygens (including phenoxy) is 1. The number of halogens is 2. The third kappa shape index (κ3) is 27.0. The van der Waals surface area contributed by atoms with Crippen LogP contribution in [0.1, 0.15) is 291 Å². The fourth-order valence-corrected chi connectivity index (χ4v) is 17.3. The first-order valence-corrected chi connectivity index (χ1v) is 46.8. The molecule has 15 heteroatoms. The Morgan fingerprint density at radius 3 is 1.62 bits per heavy atom. The van der Waals surface area contributed by atoms with Gasteiger partial charge in [0.25, 0.3) is 0 Å². The molecule has 714 valence electrons. The Balaban J connectivity index is 0.000000242. The van der Waals surface area contributed by atoms with Gasteiger partial charge in [0.05, 0.1) is 36.1 Å². The van der Waals surface area contributed by atoms with Crippen LogP contribution in [0.25, 0.3) is 79.4 Å². The molecule has 0 aliphatic carbocycles. The molecule has 0 atom stereocenters. The van der Waals surface area contributed by atoms with Crippen LogP contribution in [-0.4, -0.2) is 45.3 Å². The molecule has 133 heavy (non-hydrogen) atoms. The van der Waals surface area contributed by atoms with E-state index in [1.165, 1.54) is 138 Å². The van der Waals surface area contributed by atoms with Gasteiger partial charge in [0.1, 0.15) is 0 Å². The molecule has 4 radical (unpaired) electrons. The molecule has 0 N–H and O–H groups in total. The number of imidazole rings is 4. The second kappa shape index (κ2) is 47.4. The van der Waals surface area contributed by atoms with E-state index >= 15 is 0 Å². The maximum absolute atomic E-state index is 14.5. The van der Waals surface area contributed by atoms with Gasteiger partial charge in [-0.1, -0.05) is 293 Å². The van der Waals surface area contributed by atoms with E-state index in [0.717, 1.165) is 108 Å². The minimum absolute atomic E-state index is 0. The summed E-state index contributed by atoms with van der Waals surface area (Å²) in [5, 5.41) is 0. The van der Waals surface area contributed by atoms with Crippen LogP contribution in [-0.2, 0) is 127 Å². The molecule has 9 nitrogen and oxygen atoms in total. The Kier molecular flexibility index (Phi) is 39.6. The molecule has 4 heterocycles. The molecule has 14 rings (SSSR count). The van der Waals surface area contributed by atoms with E-state index < -0.39 is 11.6 Å². The monoisotopic (exact) mass is 2500 g/mol. The van der Waals surface area contributed by atoms with Gasteiger partial charge < -0.3 is 23.0 Å². The SMILES string of the molecule is CC(C)(C)c1cn(-c2ccccc2C(C)(C)C)c(-c2[c-]cc(F)cc2F)n1.CCC(CC)(CC)c1cnc(-c2[c-]ccc(-c3ccc(C(C)(C)C)cc3)c2)n1-c1ccc(C(C)(C)C)cc1C.CCCCCCc1c(-n2c(Cc3ccccc3)cnc2-c2[c-]cc(OC)cc2)cc(C)c(C)c1C.Cc1ccc(-n2c(CC(C)(C)C)cnc2-c2[c-]cc(C)c(C)c2)c(C(C)C)c1.[Ir].[Ir].[Ir].[Ir]. The molecule has 0 saturated carbocycles. The summed E-state index contributed by atoms with van der Waals surface area (Å²) in [6.07, 6.45) is 19.3. The van der Waals surface area contributed by atoms with Crippen molar-refractivity contribution in [3.63, 3.8) is 0 Å². The Bertz CT molecular complexity index is 6140. The van der Waals surface area contributed by atoms with Crippen LogP contribution in [0, 0.1) is 89.8 Å². The van der Waals surface area contributed by atoms with E-state index in [2.05, 4.69) is 371 Å². The molecule has 0 aliphatic rings. The first-order chi connectivity index (χ1) is 60.9. The number of nitrogens with zero attached hydrogens (tertiary/aromatic N) is 8. The third-order valence-corrected chi connectivity index (χ3v) is 25.7. The molecule has 14 aromatic rings.